The van der Waals surface area contributed by atoms with Crippen LogP contribution in [0.4, 0.5) is 19.1 Å². The Hall–Kier alpha value is -2.27. The van der Waals surface area contributed by atoms with Gasteiger partial charge < -0.3 is 15.6 Å². The van der Waals surface area contributed by atoms with Gasteiger partial charge in [0.1, 0.15) is 15.9 Å². The molecule has 12 heteroatoms. The van der Waals surface area contributed by atoms with Crippen molar-refractivity contribution in [2.45, 2.75) is 6.36 Å². The molecule has 0 radical (unpaired) electrons. The minimum atomic E-state index is -4.97. The summed E-state index contributed by atoms with van der Waals surface area (Å²) < 4.78 is 42.3. The van der Waals surface area contributed by atoms with Crippen LogP contribution in [0.25, 0.3) is 22.3 Å². The molecule has 0 unspecified atom stereocenters. The van der Waals surface area contributed by atoms with E-state index in [-0.39, 0.29) is 26.7 Å². The van der Waals surface area contributed by atoms with Crippen LogP contribution in [0, 0.1) is 0 Å². The standard InChI is InChI=1S/C13H8BrClF3N5O2/c1-23-11-5(3-20-12(19)21-11)8(22-23)4-2-6(15)10(7(14)9(4)24)25-13(16,17)18/h2-3,24H,1H3,(H2,19,20,21). The number of rotatable bonds is 2. The van der Waals surface area contributed by atoms with E-state index in [1.165, 1.54) is 10.9 Å². The molecule has 0 atom stereocenters. The summed E-state index contributed by atoms with van der Waals surface area (Å²) in [6.45, 7) is 0. The van der Waals surface area contributed by atoms with Gasteiger partial charge in [-0.1, -0.05) is 11.6 Å². The van der Waals surface area contributed by atoms with Gasteiger partial charge in [0.25, 0.3) is 0 Å². The molecule has 0 bridgehead atoms. The molecule has 3 rings (SSSR count). The van der Waals surface area contributed by atoms with Crippen molar-refractivity contribution in [3.8, 4) is 22.8 Å². The highest BCUT2D eigenvalue weighted by atomic mass is 79.9. The molecule has 0 saturated heterocycles. The SMILES string of the molecule is Cn1nc(-c2cc(Cl)c(OC(F)(F)F)c(Br)c2O)c2cnc(N)nc21. The van der Waals surface area contributed by atoms with Gasteiger partial charge in [0.15, 0.2) is 11.4 Å². The fourth-order valence-electron chi connectivity index (χ4n) is 2.23. The van der Waals surface area contributed by atoms with Crippen LogP contribution in [0.3, 0.4) is 0 Å². The van der Waals surface area contributed by atoms with Crippen molar-refractivity contribution in [2.24, 2.45) is 7.05 Å². The van der Waals surface area contributed by atoms with Crippen molar-refractivity contribution in [3.63, 3.8) is 0 Å². The number of halogens is 5. The number of ether oxygens (including phenoxy) is 1. The Labute approximate surface area is 151 Å². The summed E-state index contributed by atoms with van der Waals surface area (Å²) in [5.74, 6) is -1.25. The van der Waals surface area contributed by atoms with Crippen LogP contribution in [-0.4, -0.2) is 31.2 Å². The Bertz CT molecular complexity index is 992. The molecule has 132 valence electrons. The number of alkyl halides is 3. The molecule has 0 fully saturated rings. The summed E-state index contributed by atoms with van der Waals surface area (Å²) in [4.78, 5) is 7.89. The Morgan fingerprint density at radius 1 is 1.40 bits per heavy atom. The predicted octanol–water partition coefficient (Wildman–Crippen LogP) is 3.63. The van der Waals surface area contributed by atoms with E-state index in [1.807, 2.05) is 0 Å². The minimum absolute atomic E-state index is 0.0272. The maximum atomic E-state index is 12.5. The van der Waals surface area contributed by atoms with Crippen molar-refractivity contribution in [3.05, 3.63) is 21.8 Å². The fourth-order valence-corrected chi connectivity index (χ4v) is 3.10. The summed E-state index contributed by atoms with van der Waals surface area (Å²) in [6, 6.07) is 1.11. The monoisotopic (exact) mass is 437 g/mol. The molecule has 0 aliphatic heterocycles. The van der Waals surface area contributed by atoms with Crippen molar-refractivity contribution in [2.75, 3.05) is 5.73 Å². The molecule has 0 saturated carbocycles. The van der Waals surface area contributed by atoms with Crippen LogP contribution < -0.4 is 10.5 Å². The maximum absolute atomic E-state index is 12.5. The topological polar surface area (TPSA) is 99.1 Å². The number of phenolic OH excluding ortho intramolecular Hbond substituents is 1. The highest BCUT2D eigenvalue weighted by Crippen LogP contribution is 2.48. The Balaban J connectivity index is 2.23. The molecular formula is C13H8BrClF3N5O2. The van der Waals surface area contributed by atoms with Crippen molar-refractivity contribution < 1.29 is 23.0 Å². The van der Waals surface area contributed by atoms with E-state index in [4.69, 9.17) is 17.3 Å². The van der Waals surface area contributed by atoms with Crippen LogP contribution in [0.5, 0.6) is 11.5 Å². The van der Waals surface area contributed by atoms with Crippen LogP contribution in [-0.2, 0) is 7.05 Å². The number of hydrogen-bond donors (Lipinski definition) is 2. The number of anilines is 1. The molecule has 3 N–H and O–H groups in total. The van der Waals surface area contributed by atoms with Gasteiger partial charge >= 0.3 is 6.36 Å². The average molecular weight is 439 g/mol. The van der Waals surface area contributed by atoms with Gasteiger partial charge in [-0.2, -0.15) is 10.1 Å². The minimum Gasteiger partial charge on any atom is -0.506 e. The second-order valence-electron chi connectivity index (χ2n) is 4.88. The molecule has 7 nitrogen and oxygen atoms in total. The van der Waals surface area contributed by atoms with Crippen molar-refractivity contribution >= 4 is 44.5 Å². The van der Waals surface area contributed by atoms with Crippen LogP contribution in [0.2, 0.25) is 5.02 Å². The summed E-state index contributed by atoms with van der Waals surface area (Å²) in [5.41, 5.74) is 6.21. The smallest absolute Gasteiger partial charge is 0.506 e. The summed E-state index contributed by atoms with van der Waals surface area (Å²) in [7, 11) is 1.59. The number of aryl methyl sites for hydroxylation is 1. The third-order valence-corrected chi connectivity index (χ3v) is 4.24. The summed E-state index contributed by atoms with van der Waals surface area (Å²) in [6.07, 6.45) is -3.58. The van der Waals surface area contributed by atoms with E-state index in [9.17, 15) is 18.3 Å². The molecule has 3 aromatic rings. The maximum Gasteiger partial charge on any atom is 0.573 e. The summed E-state index contributed by atoms with van der Waals surface area (Å²) in [5, 5.41) is 14.6. The molecule has 2 heterocycles. The number of hydrogen-bond acceptors (Lipinski definition) is 6. The number of nitrogens with two attached hydrogens (primary N) is 1. The van der Waals surface area contributed by atoms with Crippen LogP contribution in [0.15, 0.2) is 16.7 Å². The van der Waals surface area contributed by atoms with E-state index >= 15 is 0 Å². The zero-order valence-electron chi connectivity index (χ0n) is 12.3. The zero-order valence-corrected chi connectivity index (χ0v) is 14.6. The van der Waals surface area contributed by atoms with Gasteiger partial charge in [0, 0.05) is 18.8 Å². The number of fused-ring (bicyclic) bond motifs is 1. The van der Waals surface area contributed by atoms with Gasteiger partial charge in [-0.3, -0.25) is 0 Å². The van der Waals surface area contributed by atoms with Gasteiger partial charge in [-0.25, -0.2) is 9.67 Å². The van der Waals surface area contributed by atoms with E-state index < -0.39 is 17.9 Å². The molecule has 0 aliphatic carbocycles. The number of phenols is 1. The predicted molar refractivity (Wildman–Crippen MR) is 87.2 cm³/mol. The first-order valence-corrected chi connectivity index (χ1v) is 7.68. The molecule has 2 aromatic heterocycles. The van der Waals surface area contributed by atoms with E-state index in [2.05, 4.69) is 35.7 Å². The first kappa shape index (κ1) is 17.5. The lowest BCUT2D eigenvalue weighted by atomic mass is 10.1. The molecule has 0 aliphatic rings. The molecular weight excluding hydrogens is 431 g/mol. The van der Waals surface area contributed by atoms with E-state index in [0.29, 0.717) is 11.0 Å². The lowest BCUT2D eigenvalue weighted by molar-refractivity contribution is -0.274. The Morgan fingerprint density at radius 3 is 2.72 bits per heavy atom. The van der Waals surface area contributed by atoms with E-state index in [0.717, 1.165) is 6.07 Å². The number of nitrogens with zero attached hydrogens (tertiary/aromatic N) is 4. The Kier molecular flexibility index (Phi) is 4.15. The van der Waals surface area contributed by atoms with Crippen LogP contribution in [0.1, 0.15) is 0 Å². The largest absolute Gasteiger partial charge is 0.573 e. The molecule has 0 spiro atoms. The normalized spacial score (nSPS) is 11.9. The molecule has 1 aromatic carbocycles. The summed E-state index contributed by atoms with van der Waals surface area (Å²) >= 11 is 8.76. The lowest BCUT2D eigenvalue weighted by Crippen LogP contribution is -2.17. The van der Waals surface area contributed by atoms with Crippen molar-refractivity contribution in [1.29, 1.82) is 0 Å². The fraction of sp³-hybridized carbons (Fsp3) is 0.154. The van der Waals surface area contributed by atoms with Gasteiger partial charge in [0.05, 0.1) is 10.4 Å². The third kappa shape index (κ3) is 3.16. The second-order valence-corrected chi connectivity index (χ2v) is 6.08. The first-order valence-electron chi connectivity index (χ1n) is 6.50. The highest BCUT2D eigenvalue weighted by Gasteiger charge is 2.34. The quantitative estimate of drug-likeness (QED) is 0.634. The number of aromatic hydroxyl groups is 1. The third-order valence-electron chi connectivity index (χ3n) is 3.22. The lowest BCUT2D eigenvalue weighted by Gasteiger charge is -2.14. The van der Waals surface area contributed by atoms with Gasteiger partial charge in [0.2, 0.25) is 5.95 Å². The second kappa shape index (κ2) is 5.92. The average Bonchev–Trinajstić information content (AvgIpc) is 2.83. The Morgan fingerprint density at radius 2 is 2.08 bits per heavy atom. The number of nitrogen functional groups attached to an aromatic ring is 1. The zero-order chi connectivity index (χ0) is 18.5. The molecule has 25 heavy (non-hydrogen) atoms. The first-order chi connectivity index (χ1) is 11.6. The number of benzene rings is 1. The van der Waals surface area contributed by atoms with Gasteiger partial charge in [-0.15, -0.1) is 13.2 Å². The van der Waals surface area contributed by atoms with Crippen molar-refractivity contribution in [1.82, 2.24) is 19.7 Å². The highest BCUT2D eigenvalue weighted by molar-refractivity contribution is 9.10. The van der Waals surface area contributed by atoms with E-state index in [1.54, 1.807) is 7.05 Å². The van der Waals surface area contributed by atoms with Crippen LogP contribution >= 0.6 is 27.5 Å². The molecule has 0 amide bonds. The van der Waals surface area contributed by atoms with Gasteiger partial charge in [-0.05, 0) is 22.0 Å². The number of aromatic nitrogens is 4.